The van der Waals surface area contributed by atoms with E-state index in [1.54, 1.807) is 0 Å². The van der Waals surface area contributed by atoms with Crippen LogP contribution in [0.2, 0.25) is 0 Å². The molecule has 6 nitrogen and oxygen atoms in total. The Morgan fingerprint density at radius 1 is 0.373 bits per heavy atom. The van der Waals surface area contributed by atoms with Crippen LogP contribution in [-0.2, 0) is 28.6 Å². The SMILES string of the molecule is CC\C=C/C=C\C=C/C=C\CCCCCC(=O)OC(COC(=O)CC/C=C\C/C=C\C/C=C\C/C=C\C/C=C\C/C=C\CC)COC(=O)CCC/C=C\CCCCCC. The second-order valence-corrected chi connectivity index (χ2v) is 14.3. The van der Waals surface area contributed by atoms with Crippen LogP contribution in [0.4, 0.5) is 0 Å². The molecule has 0 rings (SSSR count). The molecule has 0 saturated carbocycles. The first-order chi connectivity index (χ1) is 29.0. The fraction of sp³-hybridized carbons (Fsp3) is 0.528. The molecular formula is C53H80O6. The third kappa shape index (κ3) is 44.5. The van der Waals surface area contributed by atoms with Crippen molar-refractivity contribution in [3.63, 3.8) is 0 Å². The summed E-state index contributed by atoms with van der Waals surface area (Å²) in [7, 11) is 0. The summed E-state index contributed by atoms with van der Waals surface area (Å²) in [5.74, 6) is -1.12. The van der Waals surface area contributed by atoms with Gasteiger partial charge in [0.2, 0.25) is 0 Å². The van der Waals surface area contributed by atoms with Crippen molar-refractivity contribution < 1.29 is 28.6 Å². The summed E-state index contributed by atoms with van der Waals surface area (Å²) in [5, 5.41) is 0. The van der Waals surface area contributed by atoms with E-state index in [9.17, 15) is 14.4 Å². The fourth-order valence-corrected chi connectivity index (χ4v) is 5.36. The average molecular weight is 813 g/mol. The van der Waals surface area contributed by atoms with E-state index in [-0.39, 0.29) is 50.4 Å². The minimum atomic E-state index is -0.842. The van der Waals surface area contributed by atoms with Gasteiger partial charge in [0.1, 0.15) is 13.2 Å². The Balaban J connectivity index is 4.58. The van der Waals surface area contributed by atoms with Crippen LogP contribution in [0.15, 0.2) is 134 Å². The van der Waals surface area contributed by atoms with Gasteiger partial charge < -0.3 is 14.2 Å². The number of allylic oxidation sites excluding steroid dienone is 22. The van der Waals surface area contributed by atoms with Crippen LogP contribution in [0, 0.1) is 0 Å². The minimum Gasteiger partial charge on any atom is -0.462 e. The first-order valence-corrected chi connectivity index (χ1v) is 22.7. The molecule has 0 spiro atoms. The summed E-state index contributed by atoms with van der Waals surface area (Å²) in [6.07, 6.45) is 64.6. The van der Waals surface area contributed by atoms with Crippen LogP contribution in [0.25, 0.3) is 0 Å². The monoisotopic (exact) mass is 813 g/mol. The second kappa shape index (κ2) is 46.2. The third-order valence-electron chi connectivity index (χ3n) is 8.73. The summed E-state index contributed by atoms with van der Waals surface area (Å²) in [4.78, 5) is 37.6. The summed E-state index contributed by atoms with van der Waals surface area (Å²) < 4.78 is 16.5. The molecule has 1 atom stereocenters. The molecule has 0 aliphatic rings. The highest BCUT2D eigenvalue weighted by Crippen LogP contribution is 2.10. The Hall–Kier alpha value is -4.45. The first kappa shape index (κ1) is 54.6. The average Bonchev–Trinajstić information content (AvgIpc) is 3.23. The molecule has 0 radical (unpaired) electrons. The van der Waals surface area contributed by atoms with Crippen molar-refractivity contribution in [2.24, 2.45) is 0 Å². The molecule has 59 heavy (non-hydrogen) atoms. The Morgan fingerprint density at radius 2 is 0.797 bits per heavy atom. The molecule has 0 bridgehead atoms. The zero-order chi connectivity index (χ0) is 43.0. The van der Waals surface area contributed by atoms with Crippen LogP contribution in [0.3, 0.4) is 0 Å². The van der Waals surface area contributed by atoms with Gasteiger partial charge in [0, 0.05) is 19.3 Å². The lowest BCUT2D eigenvalue weighted by Gasteiger charge is -2.18. The largest absolute Gasteiger partial charge is 0.462 e. The summed E-state index contributed by atoms with van der Waals surface area (Å²) in [6, 6.07) is 0. The van der Waals surface area contributed by atoms with Gasteiger partial charge in [0.15, 0.2) is 6.10 Å². The highest BCUT2D eigenvalue weighted by Gasteiger charge is 2.19. The first-order valence-electron chi connectivity index (χ1n) is 22.7. The second-order valence-electron chi connectivity index (χ2n) is 14.3. The molecule has 0 aromatic rings. The molecular weight excluding hydrogens is 733 g/mol. The number of unbranched alkanes of at least 4 members (excludes halogenated alkanes) is 8. The number of hydrogen-bond donors (Lipinski definition) is 0. The Kier molecular flexibility index (Phi) is 42.8. The summed E-state index contributed by atoms with van der Waals surface area (Å²) in [6.45, 7) is 6.17. The lowest BCUT2D eigenvalue weighted by molar-refractivity contribution is -0.166. The van der Waals surface area contributed by atoms with Crippen molar-refractivity contribution in [2.45, 2.75) is 168 Å². The number of esters is 3. The molecule has 0 amide bonds. The summed E-state index contributed by atoms with van der Waals surface area (Å²) >= 11 is 0. The number of carbonyl (C=O) groups excluding carboxylic acids is 3. The molecule has 0 aliphatic heterocycles. The number of hydrogen-bond acceptors (Lipinski definition) is 6. The molecule has 0 fully saturated rings. The molecule has 0 heterocycles. The van der Waals surface area contributed by atoms with Gasteiger partial charge in [0.25, 0.3) is 0 Å². The zero-order valence-corrected chi connectivity index (χ0v) is 37.2. The zero-order valence-electron chi connectivity index (χ0n) is 37.2. The van der Waals surface area contributed by atoms with Gasteiger partial charge in [-0.3, -0.25) is 14.4 Å². The van der Waals surface area contributed by atoms with Crippen LogP contribution >= 0.6 is 0 Å². The normalized spacial score (nSPS) is 13.3. The number of ether oxygens (including phenoxy) is 3. The molecule has 0 N–H and O–H groups in total. The molecule has 0 aliphatic carbocycles. The maximum Gasteiger partial charge on any atom is 0.306 e. The molecule has 6 heteroatoms. The maximum absolute atomic E-state index is 12.7. The molecule has 0 aromatic carbocycles. The van der Waals surface area contributed by atoms with Crippen LogP contribution < -0.4 is 0 Å². The predicted octanol–water partition coefficient (Wildman–Crippen LogP) is 14.7. The highest BCUT2D eigenvalue weighted by atomic mass is 16.6. The molecule has 1 unspecified atom stereocenters. The van der Waals surface area contributed by atoms with E-state index in [0.29, 0.717) is 19.3 Å². The van der Waals surface area contributed by atoms with Crippen LogP contribution in [0.1, 0.15) is 162 Å². The van der Waals surface area contributed by atoms with E-state index in [2.05, 4.69) is 106 Å². The van der Waals surface area contributed by atoms with Crippen molar-refractivity contribution in [2.75, 3.05) is 13.2 Å². The number of carbonyl (C=O) groups is 3. The van der Waals surface area contributed by atoms with Gasteiger partial charge in [-0.15, -0.1) is 0 Å². The maximum atomic E-state index is 12.7. The third-order valence-corrected chi connectivity index (χ3v) is 8.73. The van der Waals surface area contributed by atoms with Crippen molar-refractivity contribution in [3.8, 4) is 0 Å². The van der Waals surface area contributed by atoms with E-state index < -0.39 is 6.10 Å². The molecule has 0 aromatic heterocycles. The lowest BCUT2D eigenvalue weighted by Crippen LogP contribution is -2.30. The van der Waals surface area contributed by atoms with Crippen molar-refractivity contribution in [1.29, 1.82) is 0 Å². The highest BCUT2D eigenvalue weighted by molar-refractivity contribution is 5.71. The standard InChI is InChI=1S/C53H80O6/c1-4-7-10-13-16-19-21-23-24-25-26-27-28-30-31-34-37-40-43-46-52(55)58-49-50(48-57-51(54)45-42-39-36-33-18-15-12-9-6-3)59-53(56)47-44-41-38-35-32-29-22-20-17-14-11-8-5-2/h7-8,10-11,14,16-17,19-20,22-24,26-27,29-33,36-37,40,50H,4-6,9,12-13,15,18,21,25,28,34-35,38-39,41-49H2,1-3H3/b10-7-,11-8-,17-14-,19-16-,22-20-,24-23-,27-26-,31-30-,32-29-,36-33-,40-37-. The number of rotatable bonds is 38. The molecule has 0 saturated heterocycles. The van der Waals surface area contributed by atoms with Gasteiger partial charge in [-0.2, -0.15) is 0 Å². The summed E-state index contributed by atoms with van der Waals surface area (Å²) in [5.41, 5.74) is 0. The van der Waals surface area contributed by atoms with E-state index in [0.717, 1.165) is 77.0 Å². The predicted molar refractivity (Wildman–Crippen MR) is 251 cm³/mol. The van der Waals surface area contributed by atoms with Gasteiger partial charge in [0.05, 0.1) is 0 Å². The van der Waals surface area contributed by atoms with Crippen molar-refractivity contribution in [3.05, 3.63) is 134 Å². The van der Waals surface area contributed by atoms with E-state index >= 15 is 0 Å². The topological polar surface area (TPSA) is 78.9 Å². The van der Waals surface area contributed by atoms with E-state index in [1.807, 2.05) is 48.6 Å². The quantitative estimate of drug-likeness (QED) is 0.0203. The van der Waals surface area contributed by atoms with Crippen LogP contribution in [-0.4, -0.2) is 37.2 Å². The van der Waals surface area contributed by atoms with Gasteiger partial charge in [-0.05, 0) is 96.3 Å². The van der Waals surface area contributed by atoms with Crippen LogP contribution in [0.5, 0.6) is 0 Å². The Morgan fingerprint density at radius 3 is 1.36 bits per heavy atom. The van der Waals surface area contributed by atoms with Gasteiger partial charge in [-0.1, -0.05) is 180 Å². The van der Waals surface area contributed by atoms with Gasteiger partial charge in [-0.25, -0.2) is 0 Å². The van der Waals surface area contributed by atoms with Crippen molar-refractivity contribution in [1.82, 2.24) is 0 Å². The van der Waals surface area contributed by atoms with Crippen molar-refractivity contribution >= 4 is 17.9 Å². The lowest BCUT2D eigenvalue weighted by atomic mass is 10.1. The molecule has 328 valence electrons. The fourth-order valence-electron chi connectivity index (χ4n) is 5.36. The van der Waals surface area contributed by atoms with Gasteiger partial charge >= 0.3 is 17.9 Å². The van der Waals surface area contributed by atoms with E-state index in [4.69, 9.17) is 14.2 Å². The van der Waals surface area contributed by atoms with E-state index in [1.165, 1.54) is 25.7 Å². The Bertz CT molecular complexity index is 1350. The minimum absolute atomic E-state index is 0.138. The smallest absolute Gasteiger partial charge is 0.306 e. The Labute approximate surface area is 360 Å².